The predicted octanol–water partition coefficient (Wildman–Crippen LogP) is 1.90. The first-order valence-electron chi connectivity index (χ1n) is 6.43. The van der Waals surface area contributed by atoms with E-state index in [4.69, 9.17) is 5.73 Å². The highest BCUT2D eigenvalue weighted by Crippen LogP contribution is 2.23. The maximum absolute atomic E-state index is 9.93. The number of benzene rings is 1. The number of aromatic nitrogens is 1. The zero-order chi connectivity index (χ0) is 14.0. The smallest absolute Gasteiger partial charge is 0.133 e. The number of rotatable bonds is 4. The van der Waals surface area contributed by atoms with Gasteiger partial charge in [-0.2, -0.15) is 0 Å². The third kappa shape index (κ3) is 3.22. The fourth-order valence-corrected chi connectivity index (χ4v) is 2.29. The van der Waals surface area contributed by atoms with Gasteiger partial charge in [-0.3, -0.25) is 0 Å². The Balaban J connectivity index is 2.46. The number of likely N-dealkylation sites (N-methyl/N-ethyl adjacent to an activating group) is 1. The molecule has 2 rings (SSSR count). The molecule has 0 aliphatic rings. The minimum atomic E-state index is -0.770. The maximum atomic E-state index is 9.93. The van der Waals surface area contributed by atoms with Crippen molar-refractivity contribution in [3.8, 4) is 0 Å². The molecule has 0 spiro atoms. The third-order valence-corrected chi connectivity index (χ3v) is 2.99. The molecular formula is C15H21N3O. The van der Waals surface area contributed by atoms with Gasteiger partial charge >= 0.3 is 0 Å². The molecule has 0 fully saturated rings. The Kier molecular flexibility index (Phi) is 3.73. The first-order chi connectivity index (χ1) is 8.90. The molecule has 4 nitrogen and oxygen atoms in total. The lowest BCUT2D eigenvalue weighted by atomic mass is 10.1. The van der Waals surface area contributed by atoms with Crippen molar-refractivity contribution in [2.45, 2.75) is 26.0 Å². The van der Waals surface area contributed by atoms with E-state index in [1.54, 1.807) is 13.8 Å². The largest absolute Gasteiger partial charge is 0.389 e. The van der Waals surface area contributed by atoms with Gasteiger partial charge in [0, 0.05) is 31.1 Å². The summed E-state index contributed by atoms with van der Waals surface area (Å²) in [6.45, 7) is 4.51. The molecule has 4 heteroatoms. The molecule has 19 heavy (non-hydrogen) atoms. The number of para-hydroxylation sites is 1. The molecule has 102 valence electrons. The lowest BCUT2D eigenvalue weighted by Gasteiger charge is -2.28. The number of anilines is 1. The van der Waals surface area contributed by atoms with E-state index in [0.717, 1.165) is 22.3 Å². The van der Waals surface area contributed by atoms with Crippen LogP contribution in [-0.4, -0.2) is 29.3 Å². The SMILES string of the molecule is CN(CC(C)(C)O)c1nc2ccccc2cc1CN. The Bertz CT molecular complexity index is 575. The van der Waals surface area contributed by atoms with Crippen molar-refractivity contribution in [3.63, 3.8) is 0 Å². The molecular weight excluding hydrogens is 238 g/mol. The van der Waals surface area contributed by atoms with Crippen LogP contribution in [0.1, 0.15) is 19.4 Å². The highest BCUT2D eigenvalue weighted by atomic mass is 16.3. The number of aliphatic hydroxyl groups is 1. The fraction of sp³-hybridized carbons (Fsp3) is 0.400. The number of hydrogen-bond acceptors (Lipinski definition) is 4. The zero-order valence-electron chi connectivity index (χ0n) is 11.7. The van der Waals surface area contributed by atoms with Gasteiger partial charge in [-0.15, -0.1) is 0 Å². The van der Waals surface area contributed by atoms with E-state index in [2.05, 4.69) is 11.1 Å². The molecule has 0 aliphatic heterocycles. The first kappa shape index (κ1) is 13.8. The number of nitrogens with two attached hydrogens (primary N) is 1. The number of nitrogens with zero attached hydrogens (tertiary/aromatic N) is 2. The molecule has 0 atom stereocenters. The van der Waals surface area contributed by atoms with Crippen molar-refractivity contribution in [1.82, 2.24) is 4.98 Å². The van der Waals surface area contributed by atoms with E-state index < -0.39 is 5.60 Å². The maximum Gasteiger partial charge on any atom is 0.133 e. The van der Waals surface area contributed by atoms with Crippen molar-refractivity contribution >= 4 is 16.7 Å². The van der Waals surface area contributed by atoms with Crippen LogP contribution in [0.25, 0.3) is 10.9 Å². The molecule has 0 unspecified atom stereocenters. The van der Waals surface area contributed by atoms with E-state index in [1.165, 1.54) is 0 Å². The lowest BCUT2D eigenvalue weighted by Crippen LogP contribution is -2.37. The van der Waals surface area contributed by atoms with Gasteiger partial charge in [-0.05, 0) is 26.0 Å². The summed E-state index contributed by atoms with van der Waals surface area (Å²) in [4.78, 5) is 6.62. The predicted molar refractivity (Wildman–Crippen MR) is 79.2 cm³/mol. The summed E-state index contributed by atoms with van der Waals surface area (Å²) in [7, 11) is 1.92. The van der Waals surface area contributed by atoms with Gasteiger partial charge in [-0.1, -0.05) is 18.2 Å². The quantitative estimate of drug-likeness (QED) is 0.880. The highest BCUT2D eigenvalue weighted by Gasteiger charge is 2.18. The van der Waals surface area contributed by atoms with Crippen LogP contribution >= 0.6 is 0 Å². The molecule has 1 heterocycles. The molecule has 0 saturated heterocycles. The first-order valence-corrected chi connectivity index (χ1v) is 6.43. The third-order valence-electron chi connectivity index (χ3n) is 2.99. The second-order valence-corrected chi connectivity index (χ2v) is 5.54. The summed E-state index contributed by atoms with van der Waals surface area (Å²) >= 11 is 0. The van der Waals surface area contributed by atoms with Crippen molar-refractivity contribution in [1.29, 1.82) is 0 Å². The molecule has 1 aromatic carbocycles. The summed E-state index contributed by atoms with van der Waals surface area (Å²) in [5.41, 5.74) is 6.98. The Morgan fingerprint density at radius 3 is 2.63 bits per heavy atom. The molecule has 0 saturated carbocycles. The number of pyridine rings is 1. The molecule has 0 amide bonds. The molecule has 2 aromatic rings. The second-order valence-electron chi connectivity index (χ2n) is 5.54. The van der Waals surface area contributed by atoms with Crippen molar-refractivity contribution < 1.29 is 5.11 Å². The van der Waals surface area contributed by atoms with E-state index in [9.17, 15) is 5.11 Å². The van der Waals surface area contributed by atoms with Crippen LogP contribution in [-0.2, 0) is 6.54 Å². The van der Waals surface area contributed by atoms with Gasteiger partial charge in [0.15, 0.2) is 0 Å². The van der Waals surface area contributed by atoms with Crippen LogP contribution in [0.2, 0.25) is 0 Å². The van der Waals surface area contributed by atoms with Crippen LogP contribution in [0.15, 0.2) is 30.3 Å². The van der Waals surface area contributed by atoms with E-state index in [1.807, 2.05) is 36.2 Å². The lowest BCUT2D eigenvalue weighted by molar-refractivity contribution is 0.0884. The number of hydrogen-bond donors (Lipinski definition) is 2. The van der Waals surface area contributed by atoms with E-state index in [-0.39, 0.29) is 0 Å². The van der Waals surface area contributed by atoms with Gasteiger partial charge in [0.25, 0.3) is 0 Å². The molecule has 0 radical (unpaired) electrons. The second kappa shape index (κ2) is 5.15. The summed E-state index contributed by atoms with van der Waals surface area (Å²) in [5.74, 6) is 0.836. The monoisotopic (exact) mass is 259 g/mol. The van der Waals surface area contributed by atoms with Crippen molar-refractivity contribution in [2.75, 3.05) is 18.5 Å². The van der Waals surface area contributed by atoms with E-state index in [0.29, 0.717) is 13.1 Å². The average Bonchev–Trinajstić information content (AvgIpc) is 2.35. The Morgan fingerprint density at radius 1 is 1.32 bits per heavy atom. The molecule has 3 N–H and O–H groups in total. The molecule has 0 bridgehead atoms. The van der Waals surface area contributed by atoms with Gasteiger partial charge < -0.3 is 15.7 Å². The van der Waals surface area contributed by atoms with E-state index >= 15 is 0 Å². The summed E-state index contributed by atoms with van der Waals surface area (Å²) in [6, 6.07) is 10.0. The van der Waals surface area contributed by atoms with Gasteiger partial charge in [-0.25, -0.2) is 4.98 Å². The van der Waals surface area contributed by atoms with Crippen LogP contribution < -0.4 is 10.6 Å². The fourth-order valence-electron chi connectivity index (χ4n) is 2.29. The molecule has 0 aliphatic carbocycles. The summed E-state index contributed by atoms with van der Waals surface area (Å²) < 4.78 is 0. The van der Waals surface area contributed by atoms with Crippen LogP contribution in [0.5, 0.6) is 0 Å². The average molecular weight is 259 g/mol. The van der Waals surface area contributed by atoms with Crippen LogP contribution in [0, 0.1) is 0 Å². The minimum absolute atomic E-state index is 0.434. The highest BCUT2D eigenvalue weighted by molar-refractivity contribution is 5.81. The standard InChI is InChI=1S/C15H21N3O/c1-15(2,19)10-18(3)14-12(9-16)8-11-6-4-5-7-13(11)17-14/h4-8,19H,9-10,16H2,1-3H3. The van der Waals surface area contributed by atoms with Crippen LogP contribution in [0.3, 0.4) is 0 Å². The van der Waals surface area contributed by atoms with Crippen molar-refractivity contribution in [2.24, 2.45) is 5.73 Å². The zero-order valence-corrected chi connectivity index (χ0v) is 11.7. The van der Waals surface area contributed by atoms with Gasteiger partial charge in [0.05, 0.1) is 11.1 Å². The van der Waals surface area contributed by atoms with Gasteiger partial charge in [0.1, 0.15) is 5.82 Å². The Labute approximate surface area is 113 Å². The summed E-state index contributed by atoms with van der Waals surface area (Å²) in [5, 5.41) is 11.0. The van der Waals surface area contributed by atoms with Gasteiger partial charge in [0.2, 0.25) is 0 Å². The topological polar surface area (TPSA) is 62.4 Å². The Hall–Kier alpha value is -1.65. The molecule has 1 aromatic heterocycles. The summed E-state index contributed by atoms with van der Waals surface area (Å²) in [6.07, 6.45) is 0. The van der Waals surface area contributed by atoms with Crippen molar-refractivity contribution in [3.05, 3.63) is 35.9 Å². The van der Waals surface area contributed by atoms with Crippen LogP contribution in [0.4, 0.5) is 5.82 Å². The normalized spacial score (nSPS) is 11.8. The number of fused-ring (bicyclic) bond motifs is 1. The Morgan fingerprint density at radius 2 is 2.00 bits per heavy atom. The minimum Gasteiger partial charge on any atom is -0.389 e.